The fourth-order valence-corrected chi connectivity index (χ4v) is 2.18. The van der Waals surface area contributed by atoms with E-state index in [1.165, 1.54) is 0 Å². The van der Waals surface area contributed by atoms with E-state index in [4.69, 9.17) is 16.3 Å². The van der Waals surface area contributed by atoms with Gasteiger partial charge in [0.2, 0.25) is 5.95 Å². The molecule has 90 valence electrons. The second-order valence-electron chi connectivity index (χ2n) is 4.64. The maximum atomic E-state index is 5.86. The maximum Gasteiger partial charge on any atom is 0.245 e. The van der Waals surface area contributed by atoms with Crippen molar-refractivity contribution in [2.45, 2.75) is 25.6 Å². The number of morpholine rings is 1. The van der Waals surface area contributed by atoms with E-state index in [1.807, 2.05) is 20.9 Å². The molecular formula is C9H16ClN5O. The van der Waals surface area contributed by atoms with Gasteiger partial charge in [0, 0.05) is 20.1 Å². The Morgan fingerprint density at radius 3 is 2.88 bits per heavy atom. The summed E-state index contributed by atoms with van der Waals surface area (Å²) >= 11 is 5.86. The Kier molecular flexibility index (Phi) is 3.03. The molecule has 0 N–H and O–H groups in total. The number of hydrogen-bond donors (Lipinski definition) is 0. The molecule has 0 spiro atoms. The average Bonchev–Trinajstić information content (AvgIpc) is 2.62. The van der Waals surface area contributed by atoms with Crippen LogP contribution in [0.3, 0.4) is 0 Å². The highest BCUT2D eigenvalue weighted by Crippen LogP contribution is 2.24. The van der Waals surface area contributed by atoms with Crippen molar-refractivity contribution in [3.05, 3.63) is 0 Å². The number of ether oxygens (including phenoxy) is 1. The van der Waals surface area contributed by atoms with Crippen LogP contribution in [0.1, 0.15) is 13.8 Å². The van der Waals surface area contributed by atoms with Crippen molar-refractivity contribution in [3.8, 4) is 0 Å². The van der Waals surface area contributed by atoms with Gasteiger partial charge in [-0.2, -0.15) is 0 Å². The average molecular weight is 246 g/mol. The number of nitrogens with zero attached hydrogens (tertiary/aromatic N) is 5. The third-order valence-corrected chi connectivity index (χ3v) is 2.88. The summed E-state index contributed by atoms with van der Waals surface area (Å²) in [5.74, 6) is 1.23. The zero-order chi connectivity index (χ0) is 11.8. The molecule has 1 saturated heterocycles. The lowest BCUT2D eigenvalue weighted by atomic mass is 10.1. The molecular weight excluding hydrogens is 230 g/mol. The molecule has 16 heavy (non-hydrogen) atoms. The summed E-state index contributed by atoms with van der Waals surface area (Å²) in [5.41, 5.74) is -0.232. The van der Waals surface area contributed by atoms with Crippen molar-refractivity contribution in [3.63, 3.8) is 0 Å². The van der Waals surface area contributed by atoms with Crippen molar-refractivity contribution in [1.82, 2.24) is 20.2 Å². The summed E-state index contributed by atoms with van der Waals surface area (Å²) in [5, 5.41) is 11.5. The van der Waals surface area contributed by atoms with Gasteiger partial charge in [0.05, 0.1) is 17.6 Å². The van der Waals surface area contributed by atoms with Crippen LogP contribution < -0.4 is 4.90 Å². The molecule has 1 aromatic rings. The molecule has 0 aliphatic carbocycles. The largest absolute Gasteiger partial charge is 0.367 e. The molecule has 1 aromatic heterocycles. The first kappa shape index (κ1) is 11.6. The van der Waals surface area contributed by atoms with Gasteiger partial charge in [-0.05, 0) is 24.3 Å². The molecule has 2 rings (SSSR count). The molecule has 1 unspecified atom stereocenters. The number of hydrogen-bond acceptors (Lipinski definition) is 5. The van der Waals surface area contributed by atoms with E-state index >= 15 is 0 Å². The minimum absolute atomic E-state index is 0.0158. The van der Waals surface area contributed by atoms with Gasteiger partial charge in [0.1, 0.15) is 0 Å². The van der Waals surface area contributed by atoms with Crippen molar-refractivity contribution >= 4 is 17.5 Å². The molecule has 6 nitrogen and oxygen atoms in total. The number of alkyl halides is 1. The first-order chi connectivity index (χ1) is 7.52. The quantitative estimate of drug-likeness (QED) is 0.708. The van der Waals surface area contributed by atoms with Crippen LogP contribution in [-0.4, -0.2) is 50.9 Å². The first-order valence-corrected chi connectivity index (χ1v) is 5.76. The van der Waals surface area contributed by atoms with Crippen LogP contribution in [0.25, 0.3) is 0 Å². The third-order valence-electron chi connectivity index (χ3n) is 2.53. The summed E-state index contributed by atoms with van der Waals surface area (Å²) < 4.78 is 7.50. The third kappa shape index (κ3) is 2.27. The van der Waals surface area contributed by atoms with Crippen LogP contribution in [0, 0.1) is 0 Å². The number of tetrazole rings is 1. The van der Waals surface area contributed by atoms with Crippen LogP contribution in [0.5, 0.6) is 0 Å². The minimum Gasteiger partial charge on any atom is -0.367 e. The van der Waals surface area contributed by atoms with Gasteiger partial charge in [-0.3, -0.25) is 0 Å². The number of aromatic nitrogens is 4. The van der Waals surface area contributed by atoms with E-state index in [0.29, 0.717) is 5.88 Å². The number of aryl methyl sites for hydroxylation is 1. The predicted molar refractivity (Wildman–Crippen MR) is 60.7 cm³/mol. The first-order valence-electron chi connectivity index (χ1n) is 5.23. The Morgan fingerprint density at radius 2 is 2.31 bits per heavy atom. The zero-order valence-electron chi connectivity index (χ0n) is 9.72. The van der Waals surface area contributed by atoms with Crippen molar-refractivity contribution in [2.24, 2.45) is 7.05 Å². The molecule has 0 aromatic carbocycles. The summed E-state index contributed by atoms with van der Waals surface area (Å²) in [7, 11) is 1.83. The van der Waals surface area contributed by atoms with Crippen molar-refractivity contribution < 1.29 is 4.74 Å². The standard InChI is InChI=1S/C9H16ClN5O/c1-9(2)6-15(5-7(4-10)16-9)8-11-12-13-14(8)3/h7H,4-6H2,1-3H3. The normalized spacial score (nSPS) is 24.8. The predicted octanol–water partition coefficient (Wildman–Crippen LogP) is 0.433. The Bertz CT molecular complexity index is 367. The van der Waals surface area contributed by atoms with Gasteiger partial charge in [0.15, 0.2) is 0 Å². The highest BCUT2D eigenvalue weighted by Gasteiger charge is 2.34. The summed E-state index contributed by atoms with van der Waals surface area (Å²) in [6.07, 6.45) is 0.0158. The molecule has 0 radical (unpaired) electrons. The second kappa shape index (κ2) is 4.18. The summed E-state index contributed by atoms with van der Waals surface area (Å²) in [6.45, 7) is 5.57. The van der Waals surface area contributed by atoms with Crippen LogP contribution in [0.2, 0.25) is 0 Å². The maximum absolute atomic E-state index is 5.86. The highest BCUT2D eigenvalue weighted by molar-refractivity contribution is 6.18. The molecule has 0 amide bonds. The van der Waals surface area contributed by atoms with Crippen LogP contribution in [0.15, 0.2) is 0 Å². The van der Waals surface area contributed by atoms with Gasteiger partial charge >= 0.3 is 0 Å². The van der Waals surface area contributed by atoms with Gasteiger partial charge in [-0.25, -0.2) is 4.68 Å². The molecule has 0 bridgehead atoms. The second-order valence-corrected chi connectivity index (χ2v) is 4.95. The van der Waals surface area contributed by atoms with Gasteiger partial charge < -0.3 is 9.64 Å². The number of halogens is 1. The smallest absolute Gasteiger partial charge is 0.245 e. The molecule has 2 heterocycles. The Morgan fingerprint density at radius 1 is 1.56 bits per heavy atom. The fourth-order valence-electron chi connectivity index (χ4n) is 2.02. The van der Waals surface area contributed by atoms with E-state index in [9.17, 15) is 0 Å². The molecule has 1 fully saturated rings. The van der Waals surface area contributed by atoms with E-state index in [1.54, 1.807) is 4.68 Å². The SMILES string of the molecule is Cn1nnnc1N1CC(CCl)OC(C)(C)C1. The zero-order valence-corrected chi connectivity index (χ0v) is 10.5. The van der Waals surface area contributed by atoms with E-state index < -0.39 is 0 Å². The summed E-state index contributed by atoms with van der Waals surface area (Å²) in [6, 6.07) is 0. The van der Waals surface area contributed by atoms with Crippen molar-refractivity contribution in [1.29, 1.82) is 0 Å². The van der Waals surface area contributed by atoms with Crippen LogP contribution in [0.4, 0.5) is 5.95 Å². The lowest BCUT2D eigenvalue weighted by Gasteiger charge is -2.42. The molecule has 0 saturated carbocycles. The monoisotopic (exact) mass is 245 g/mol. The Labute approximate surface area is 99.5 Å². The van der Waals surface area contributed by atoms with Crippen LogP contribution >= 0.6 is 11.6 Å². The molecule has 1 aliphatic heterocycles. The summed E-state index contributed by atoms with van der Waals surface area (Å²) in [4.78, 5) is 2.11. The topological polar surface area (TPSA) is 56.1 Å². The lowest BCUT2D eigenvalue weighted by Crippen LogP contribution is -2.54. The molecule has 7 heteroatoms. The number of rotatable bonds is 2. The van der Waals surface area contributed by atoms with E-state index in [0.717, 1.165) is 19.0 Å². The molecule has 1 aliphatic rings. The van der Waals surface area contributed by atoms with Crippen LogP contribution in [-0.2, 0) is 11.8 Å². The Hall–Kier alpha value is -0.880. The van der Waals surface area contributed by atoms with Crippen molar-refractivity contribution in [2.75, 3.05) is 23.9 Å². The number of anilines is 1. The van der Waals surface area contributed by atoms with Gasteiger partial charge in [-0.15, -0.1) is 11.6 Å². The minimum atomic E-state index is -0.232. The fraction of sp³-hybridized carbons (Fsp3) is 0.889. The Balaban J connectivity index is 2.19. The molecule has 1 atom stereocenters. The highest BCUT2D eigenvalue weighted by atomic mass is 35.5. The van der Waals surface area contributed by atoms with E-state index in [2.05, 4.69) is 20.4 Å². The lowest BCUT2D eigenvalue weighted by molar-refractivity contribution is -0.0739. The van der Waals surface area contributed by atoms with E-state index in [-0.39, 0.29) is 11.7 Å². The van der Waals surface area contributed by atoms with Gasteiger partial charge in [0.25, 0.3) is 0 Å². The van der Waals surface area contributed by atoms with Gasteiger partial charge in [-0.1, -0.05) is 5.10 Å².